The van der Waals surface area contributed by atoms with E-state index in [1.54, 1.807) is 0 Å². The molecule has 3 rings (SSSR count). The van der Waals surface area contributed by atoms with E-state index >= 15 is 0 Å². The number of hydrogen-bond acceptors (Lipinski definition) is 3. The van der Waals surface area contributed by atoms with Gasteiger partial charge in [-0.05, 0) is 43.9 Å². The maximum Gasteiger partial charge on any atom is 0.335 e. The van der Waals surface area contributed by atoms with Crippen LogP contribution in [0.4, 0.5) is 0 Å². The molecule has 0 aliphatic heterocycles. The Morgan fingerprint density at radius 1 is 0.667 bits per heavy atom. The van der Waals surface area contributed by atoms with Gasteiger partial charge in [0, 0.05) is 23.2 Å². The molecule has 6 nitrogen and oxygen atoms in total. The molecule has 27 heavy (non-hydrogen) atoms. The van der Waals surface area contributed by atoms with E-state index in [-0.39, 0.29) is 40.6 Å². The Kier molecular flexibility index (Phi) is 6.48. The third kappa shape index (κ3) is 5.31. The topological polar surface area (TPSA) is 95.5 Å². The third-order valence-corrected chi connectivity index (χ3v) is 5.59. The molecule has 0 atom stereocenters. The second kappa shape index (κ2) is 9.02. The van der Waals surface area contributed by atoms with Crippen LogP contribution in [0.5, 0.6) is 0 Å². The van der Waals surface area contributed by atoms with Crippen LogP contribution >= 0.6 is 0 Å². The third-order valence-electron chi connectivity index (χ3n) is 5.59. The Hall–Kier alpha value is -2.37. The molecule has 1 aromatic rings. The van der Waals surface area contributed by atoms with Gasteiger partial charge in [-0.3, -0.25) is 9.59 Å². The van der Waals surface area contributed by atoms with E-state index in [9.17, 15) is 19.5 Å². The molecule has 0 radical (unpaired) electrons. The fourth-order valence-electron chi connectivity index (χ4n) is 4.04. The van der Waals surface area contributed by atoms with Crippen LogP contribution in [0.1, 0.15) is 95.3 Å². The van der Waals surface area contributed by atoms with Crippen LogP contribution < -0.4 is 10.6 Å². The number of rotatable bonds is 5. The minimum atomic E-state index is -1.14. The van der Waals surface area contributed by atoms with Crippen molar-refractivity contribution in [3.63, 3.8) is 0 Å². The largest absolute Gasteiger partial charge is 0.478 e. The van der Waals surface area contributed by atoms with Crippen molar-refractivity contribution in [2.45, 2.75) is 76.3 Å². The van der Waals surface area contributed by atoms with E-state index in [0.717, 1.165) is 51.4 Å². The highest BCUT2D eigenvalue weighted by Gasteiger charge is 2.21. The summed E-state index contributed by atoms with van der Waals surface area (Å²) in [6.07, 6.45) is 10.5. The molecule has 6 heteroatoms. The van der Waals surface area contributed by atoms with Gasteiger partial charge in [0.2, 0.25) is 0 Å². The molecule has 0 saturated heterocycles. The lowest BCUT2D eigenvalue weighted by atomic mass is 9.94. The average molecular weight is 372 g/mol. The zero-order valence-electron chi connectivity index (χ0n) is 15.6. The molecule has 0 spiro atoms. The number of hydrogen-bond donors (Lipinski definition) is 3. The summed E-state index contributed by atoms with van der Waals surface area (Å²) < 4.78 is 0. The Balaban J connectivity index is 1.75. The zero-order chi connectivity index (χ0) is 19.2. The number of aromatic carboxylic acids is 1. The summed E-state index contributed by atoms with van der Waals surface area (Å²) in [5, 5.41) is 15.3. The van der Waals surface area contributed by atoms with E-state index in [0.29, 0.717) is 0 Å². The highest BCUT2D eigenvalue weighted by atomic mass is 16.4. The summed E-state index contributed by atoms with van der Waals surface area (Å²) in [5.41, 5.74) is 0.420. The van der Waals surface area contributed by atoms with E-state index in [4.69, 9.17) is 0 Å². The van der Waals surface area contributed by atoms with Gasteiger partial charge in [0.1, 0.15) is 0 Å². The molecule has 1 aromatic carbocycles. The Bertz CT molecular complexity index is 654. The number of nitrogens with one attached hydrogen (secondary N) is 2. The first-order valence-corrected chi connectivity index (χ1v) is 10.0. The number of benzene rings is 1. The second-order valence-corrected chi connectivity index (χ2v) is 7.72. The minimum Gasteiger partial charge on any atom is -0.478 e. The number of carboxylic acids is 1. The van der Waals surface area contributed by atoms with Crippen molar-refractivity contribution in [3.8, 4) is 0 Å². The molecule has 0 bridgehead atoms. The van der Waals surface area contributed by atoms with Gasteiger partial charge in [-0.15, -0.1) is 0 Å². The van der Waals surface area contributed by atoms with Gasteiger partial charge in [-0.1, -0.05) is 38.5 Å². The molecule has 3 N–H and O–H groups in total. The molecule has 0 aromatic heterocycles. The van der Waals surface area contributed by atoms with E-state index in [1.165, 1.54) is 31.0 Å². The van der Waals surface area contributed by atoms with Gasteiger partial charge in [-0.25, -0.2) is 4.79 Å². The predicted octanol–water partition coefficient (Wildman–Crippen LogP) is 3.51. The van der Waals surface area contributed by atoms with Crippen LogP contribution in [-0.2, 0) is 0 Å². The molecule has 2 fully saturated rings. The summed E-state index contributed by atoms with van der Waals surface area (Å²) in [6.45, 7) is 0. The van der Waals surface area contributed by atoms with E-state index < -0.39 is 5.97 Å². The van der Waals surface area contributed by atoms with Crippen LogP contribution in [0.25, 0.3) is 0 Å². The monoisotopic (exact) mass is 372 g/mol. The van der Waals surface area contributed by atoms with Crippen molar-refractivity contribution in [1.29, 1.82) is 0 Å². The van der Waals surface area contributed by atoms with Gasteiger partial charge in [0.05, 0.1) is 5.56 Å². The number of carbonyl (C=O) groups is 3. The van der Waals surface area contributed by atoms with Crippen molar-refractivity contribution in [2.75, 3.05) is 0 Å². The van der Waals surface area contributed by atoms with Crippen molar-refractivity contribution < 1.29 is 19.5 Å². The maximum absolute atomic E-state index is 12.6. The van der Waals surface area contributed by atoms with Crippen LogP contribution in [0.3, 0.4) is 0 Å². The SMILES string of the molecule is O=C(O)c1cc(C(=O)NC2CCCCC2)cc(C(=O)NC2CCCCC2)c1. The average Bonchev–Trinajstić information content (AvgIpc) is 2.69. The molecule has 2 aliphatic rings. The summed E-state index contributed by atoms with van der Waals surface area (Å²) in [5.74, 6) is -1.76. The van der Waals surface area contributed by atoms with Crippen LogP contribution in [0, 0.1) is 0 Å². The fraction of sp³-hybridized carbons (Fsp3) is 0.571. The number of carbonyl (C=O) groups excluding carboxylic acids is 2. The minimum absolute atomic E-state index is 0.0416. The molecule has 2 amide bonds. The Labute approximate surface area is 159 Å². The van der Waals surface area contributed by atoms with Crippen LogP contribution in [0.15, 0.2) is 18.2 Å². The lowest BCUT2D eigenvalue weighted by molar-refractivity contribution is 0.0697. The summed E-state index contributed by atoms with van der Waals surface area (Å²) >= 11 is 0. The molecule has 0 heterocycles. The molecular formula is C21H28N2O4. The second-order valence-electron chi connectivity index (χ2n) is 7.72. The van der Waals surface area contributed by atoms with Crippen molar-refractivity contribution in [1.82, 2.24) is 10.6 Å². The van der Waals surface area contributed by atoms with Gasteiger partial charge >= 0.3 is 5.97 Å². The first-order valence-electron chi connectivity index (χ1n) is 10.0. The molecule has 146 valence electrons. The van der Waals surface area contributed by atoms with Crippen LogP contribution in [0.2, 0.25) is 0 Å². The Morgan fingerprint density at radius 2 is 1.04 bits per heavy atom. The lowest BCUT2D eigenvalue weighted by Crippen LogP contribution is -2.37. The van der Waals surface area contributed by atoms with Gasteiger partial charge in [0.15, 0.2) is 0 Å². The molecule has 0 unspecified atom stereocenters. The van der Waals surface area contributed by atoms with Gasteiger partial charge in [-0.2, -0.15) is 0 Å². The molecular weight excluding hydrogens is 344 g/mol. The highest BCUT2D eigenvalue weighted by Crippen LogP contribution is 2.20. The summed E-state index contributed by atoms with van der Waals surface area (Å²) in [4.78, 5) is 36.7. The fourth-order valence-corrected chi connectivity index (χ4v) is 4.04. The standard InChI is InChI=1S/C21H28N2O4/c24-19(22-17-7-3-1-4-8-17)14-11-15(13-16(12-14)21(26)27)20(25)23-18-9-5-2-6-10-18/h11-13,17-18H,1-10H2,(H,22,24)(H,23,25)(H,26,27). The lowest BCUT2D eigenvalue weighted by Gasteiger charge is -2.23. The number of amides is 2. The Morgan fingerprint density at radius 3 is 1.41 bits per heavy atom. The maximum atomic E-state index is 12.6. The van der Waals surface area contributed by atoms with Crippen molar-refractivity contribution in [3.05, 3.63) is 34.9 Å². The quantitative estimate of drug-likeness (QED) is 0.737. The first kappa shape index (κ1) is 19.4. The van der Waals surface area contributed by atoms with Crippen molar-refractivity contribution in [2.24, 2.45) is 0 Å². The summed E-state index contributed by atoms with van der Waals surface area (Å²) in [6, 6.07) is 4.44. The number of carboxylic acid groups (broad SMARTS) is 1. The van der Waals surface area contributed by atoms with Gasteiger partial charge in [0.25, 0.3) is 11.8 Å². The normalized spacial score (nSPS) is 18.7. The van der Waals surface area contributed by atoms with Crippen molar-refractivity contribution >= 4 is 17.8 Å². The van der Waals surface area contributed by atoms with Gasteiger partial charge < -0.3 is 15.7 Å². The van der Waals surface area contributed by atoms with Crippen LogP contribution in [-0.4, -0.2) is 35.0 Å². The van der Waals surface area contributed by atoms with E-state index in [2.05, 4.69) is 10.6 Å². The highest BCUT2D eigenvalue weighted by molar-refractivity contribution is 6.03. The predicted molar refractivity (Wildman–Crippen MR) is 102 cm³/mol. The zero-order valence-corrected chi connectivity index (χ0v) is 15.6. The smallest absolute Gasteiger partial charge is 0.335 e. The molecule has 2 aliphatic carbocycles. The molecule has 2 saturated carbocycles. The van der Waals surface area contributed by atoms with E-state index in [1.807, 2.05) is 0 Å². The summed E-state index contributed by atoms with van der Waals surface area (Å²) in [7, 11) is 0. The first-order chi connectivity index (χ1) is 13.0.